The SMILES string of the molecule is COc1cc(C2=CCCC=C2)ccc1NC(=O)C1=C(C(=O)O)CCC1. The molecule has 0 unspecified atom stereocenters. The van der Waals surface area contributed by atoms with Crippen molar-refractivity contribution in [3.05, 3.63) is 53.1 Å². The third-order valence-electron chi connectivity index (χ3n) is 4.53. The number of amides is 1. The van der Waals surface area contributed by atoms with E-state index in [9.17, 15) is 14.7 Å². The van der Waals surface area contributed by atoms with Gasteiger partial charge in [0.25, 0.3) is 5.91 Å². The Bertz CT molecular complexity index is 802. The van der Waals surface area contributed by atoms with Crippen molar-refractivity contribution in [1.82, 2.24) is 0 Å². The number of carbonyl (C=O) groups excluding carboxylic acids is 1. The largest absolute Gasteiger partial charge is 0.495 e. The first-order chi connectivity index (χ1) is 12.1. The average Bonchev–Trinajstić information content (AvgIpc) is 3.13. The highest BCUT2D eigenvalue weighted by Gasteiger charge is 2.25. The predicted octanol–water partition coefficient (Wildman–Crippen LogP) is 3.93. The van der Waals surface area contributed by atoms with Crippen LogP contribution in [0.3, 0.4) is 0 Å². The Morgan fingerprint density at radius 2 is 1.96 bits per heavy atom. The number of hydrogen-bond donors (Lipinski definition) is 2. The van der Waals surface area contributed by atoms with Crippen molar-refractivity contribution in [3.63, 3.8) is 0 Å². The fourth-order valence-electron chi connectivity index (χ4n) is 3.23. The van der Waals surface area contributed by atoms with Crippen LogP contribution in [0.15, 0.2) is 47.6 Å². The third kappa shape index (κ3) is 3.65. The fraction of sp³-hybridized carbons (Fsp3) is 0.300. The Balaban J connectivity index is 1.84. The number of methoxy groups -OCH3 is 1. The zero-order chi connectivity index (χ0) is 17.8. The van der Waals surface area contributed by atoms with E-state index in [1.165, 1.54) is 0 Å². The minimum Gasteiger partial charge on any atom is -0.495 e. The molecule has 3 rings (SSSR count). The lowest BCUT2D eigenvalue weighted by molar-refractivity contribution is -0.133. The first-order valence-electron chi connectivity index (χ1n) is 8.42. The molecule has 1 aromatic carbocycles. The second-order valence-corrected chi connectivity index (χ2v) is 6.12. The number of benzene rings is 1. The van der Waals surface area contributed by atoms with Gasteiger partial charge in [0.1, 0.15) is 5.75 Å². The van der Waals surface area contributed by atoms with Gasteiger partial charge in [0, 0.05) is 11.1 Å². The summed E-state index contributed by atoms with van der Waals surface area (Å²) in [7, 11) is 1.55. The number of allylic oxidation sites excluding steroid dienone is 4. The molecule has 2 aliphatic carbocycles. The van der Waals surface area contributed by atoms with Crippen LogP contribution in [-0.2, 0) is 9.59 Å². The molecule has 25 heavy (non-hydrogen) atoms. The van der Waals surface area contributed by atoms with E-state index in [4.69, 9.17) is 4.74 Å². The Kier molecular flexibility index (Phi) is 5.03. The van der Waals surface area contributed by atoms with Crippen molar-refractivity contribution >= 4 is 23.1 Å². The lowest BCUT2D eigenvalue weighted by Crippen LogP contribution is -2.17. The van der Waals surface area contributed by atoms with Crippen molar-refractivity contribution in [3.8, 4) is 5.75 Å². The van der Waals surface area contributed by atoms with E-state index >= 15 is 0 Å². The summed E-state index contributed by atoms with van der Waals surface area (Å²) in [5.41, 5.74) is 3.27. The van der Waals surface area contributed by atoms with E-state index in [0.29, 0.717) is 36.3 Å². The summed E-state index contributed by atoms with van der Waals surface area (Å²) in [5.74, 6) is -0.820. The monoisotopic (exact) mass is 339 g/mol. The number of ether oxygens (including phenoxy) is 1. The van der Waals surface area contributed by atoms with Crippen molar-refractivity contribution in [2.45, 2.75) is 32.1 Å². The van der Waals surface area contributed by atoms with Crippen molar-refractivity contribution < 1.29 is 19.4 Å². The number of aliphatic carboxylic acids is 1. The van der Waals surface area contributed by atoms with Crippen molar-refractivity contribution in [2.75, 3.05) is 12.4 Å². The zero-order valence-corrected chi connectivity index (χ0v) is 14.2. The van der Waals surface area contributed by atoms with Crippen LogP contribution in [0.2, 0.25) is 0 Å². The van der Waals surface area contributed by atoms with Crippen LogP contribution in [0.25, 0.3) is 5.57 Å². The molecule has 0 saturated carbocycles. The quantitative estimate of drug-likeness (QED) is 0.852. The first kappa shape index (κ1) is 17.0. The summed E-state index contributed by atoms with van der Waals surface area (Å²) in [6.07, 6.45) is 10.1. The molecule has 0 fully saturated rings. The average molecular weight is 339 g/mol. The highest BCUT2D eigenvalue weighted by atomic mass is 16.5. The lowest BCUT2D eigenvalue weighted by atomic mass is 9.99. The van der Waals surface area contributed by atoms with Gasteiger partial charge in [0.05, 0.1) is 12.8 Å². The van der Waals surface area contributed by atoms with Gasteiger partial charge in [-0.3, -0.25) is 4.79 Å². The number of carboxylic acids is 1. The number of nitrogens with one attached hydrogen (secondary N) is 1. The van der Waals surface area contributed by atoms with Gasteiger partial charge >= 0.3 is 5.97 Å². The molecule has 1 amide bonds. The van der Waals surface area contributed by atoms with E-state index in [1.807, 2.05) is 12.1 Å². The zero-order valence-electron chi connectivity index (χ0n) is 14.2. The highest BCUT2D eigenvalue weighted by Crippen LogP contribution is 2.32. The maximum Gasteiger partial charge on any atom is 0.332 e. The molecule has 5 heteroatoms. The van der Waals surface area contributed by atoms with Gasteiger partial charge in [-0.05, 0) is 55.4 Å². The van der Waals surface area contributed by atoms with Crippen molar-refractivity contribution in [1.29, 1.82) is 0 Å². The summed E-state index contributed by atoms with van der Waals surface area (Å²) >= 11 is 0. The van der Waals surface area contributed by atoms with Gasteiger partial charge in [0.15, 0.2) is 0 Å². The second kappa shape index (κ2) is 7.38. The van der Waals surface area contributed by atoms with Gasteiger partial charge < -0.3 is 15.2 Å². The van der Waals surface area contributed by atoms with E-state index in [1.54, 1.807) is 13.2 Å². The summed E-state index contributed by atoms with van der Waals surface area (Å²) < 4.78 is 5.42. The molecule has 0 spiro atoms. The molecule has 1 aromatic rings. The smallest absolute Gasteiger partial charge is 0.332 e. The van der Waals surface area contributed by atoms with Gasteiger partial charge in [-0.25, -0.2) is 4.79 Å². The van der Waals surface area contributed by atoms with Crippen molar-refractivity contribution in [2.24, 2.45) is 0 Å². The molecule has 0 bridgehead atoms. The summed E-state index contributed by atoms with van der Waals surface area (Å²) in [6, 6.07) is 5.62. The molecule has 0 aliphatic heterocycles. The fourth-order valence-corrected chi connectivity index (χ4v) is 3.23. The molecule has 0 saturated heterocycles. The Morgan fingerprint density at radius 1 is 1.16 bits per heavy atom. The minimum absolute atomic E-state index is 0.214. The number of hydrogen-bond acceptors (Lipinski definition) is 3. The topological polar surface area (TPSA) is 75.6 Å². The molecule has 5 nitrogen and oxygen atoms in total. The van der Waals surface area contributed by atoms with Gasteiger partial charge in [-0.1, -0.05) is 24.3 Å². The molecule has 0 heterocycles. The number of carboxylic acid groups (broad SMARTS) is 1. The molecule has 2 aliphatic rings. The van der Waals surface area contributed by atoms with Crippen LogP contribution in [0, 0.1) is 0 Å². The minimum atomic E-state index is -1.01. The van der Waals surface area contributed by atoms with E-state index < -0.39 is 5.97 Å². The second-order valence-electron chi connectivity index (χ2n) is 6.12. The standard InChI is InChI=1S/C20H21NO4/c1-25-18-12-14(13-6-3-2-4-7-13)10-11-17(18)21-19(22)15-8-5-9-16(15)20(23)24/h3,6-7,10-12H,2,4-5,8-9H2,1H3,(H,21,22)(H,23,24). The van der Waals surface area contributed by atoms with Crippen LogP contribution in [-0.4, -0.2) is 24.1 Å². The molecule has 130 valence electrons. The van der Waals surface area contributed by atoms with Crippen LogP contribution in [0.1, 0.15) is 37.7 Å². The van der Waals surface area contributed by atoms with Crippen LogP contribution >= 0.6 is 0 Å². The molecule has 0 radical (unpaired) electrons. The third-order valence-corrected chi connectivity index (χ3v) is 4.53. The maximum absolute atomic E-state index is 12.5. The van der Waals surface area contributed by atoms with Gasteiger partial charge in [0.2, 0.25) is 0 Å². The number of carbonyl (C=O) groups is 2. The normalized spacial score (nSPS) is 16.6. The van der Waals surface area contributed by atoms with Gasteiger partial charge in [-0.2, -0.15) is 0 Å². The van der Waals surface area contributed by atoms with Crippen LogP contribution in [0.5, 0.6) is 5.75 Å². The Morgan fingerprint density at radius 3 is 2.64 bits per heavy atom. The van der Waals surface area contributed by atoms with Crippen LogP contribution in [0.4, 0.5) is 5.69 Å². The number of rotatable bonds is 5. The van der Waals surface area contributed by atoms with E-state index in [0.717, 1.165) is 24.0 Å². The predicted molar refractivity (Wildman–Crippen MR) is 96.5 cm³/mol. The molecule has 0 atom stereocenters. The van der Waals surface area contributed by atoms with E-state index in [2.05, 4.69) is 23.5 Å². The molecule has 2 N–H and O–H groups in total. The highest BCUT2D eigenvalue weighted by molar-refractivity contribution is 6.09. The lowest BCUT2D eigenvalue weighted by Gasteiger charge is -2.14. The summed E-state index contributed by atoms with van der Waals surface area (Å²) in [6.45, 7) is 0. The summed E-state index contributed by atoms with van der Waals surface area (Å²) in [5, 5.41) is 12.0. The maximum atomic E-state index is 12.5. The van der Waals surface area contributed by atoms with Gasteiger partial charge in [-0.15, -0.1) is 0 Å². The number of anilines is 1. The molecule has 0 aromatic heterocycles. The molecular formula is C20H21NO4. The van der Waals surface area contributed by atoms with E-state index in [-0.39, 0.29) is 11.5 Å². The Labute approximate surface area is 146 Å². The molecular weight excluding hydrogens is 318 g/mol. The van der Waals surface area contributed by atoms with Crippen LogP contribution < -0.4 is 10.1 Å². The summed E-state index contributed by atoms with van der Waals surface area (Å²) in [4.78, 5) is 23.7. The first-order valence-corrected chi connectivity index (χ1v) is 8.42. The Hall–Kier alpha value is -2.82.